The first kappa shape index (κ1) is 14.8. The molecule has 4 nitrogen and oxygen atoms in total. The van der Waals surface area contributed by atoms with Crippen LogP contribution in [0.1, 0.15) is 13.3 Å². The summed E-state index contributed by atoms with van der Waals surface area (Å²) in [6, 6.07) is 11.8. The zero-order valence-electron chi connectivity index (χ0n) is 12.7. The molecule has 0 saturated carbocycles. The Morgan fingerprint density at radius 3 is 2.64 bits per heavy atom. The second-order valence-electron chi connectivity index (χ2n) is 5.38. The summed E-state index contributed by atoms with van der Waals surface area (Å²) in [7, 11) is -1.28. The molecule has 2 aromatic heterocycles. The molecule has 0 aliphatic rings. The smallest absolute Gasteiger partial charge is 0.179 e. The summed E-state index contributed by atoms with van der Waals surface area (Å²) in [6.45, 7) is 1.86. The normalized spacial score (nSPS) is 11.9. The lowest BCUT2D eigenvalue weighted by atomic mass is 10.2. The van der Waals surface area contributed by atoms with Gasteiger partial charge in [-0.25, -0.2) is 8.42 Å². The molecule has 0 fully saturated rings. The van der Waals surface area contributed by atoms with Gasteiger partial charge in [-0.2, -0.15) is 0 Å². The first-order chi connectivity index (χ1) is 10.5. The molecule has 3 aromatic rings. The van der Waals surface area contributed by atoms with E-state index in [0.717, 1.165) is 22.2 Å². The highest BCUT2D eigenvalue weighted by atomic mass is 32.2. The molecule has 5 heteroatoms. The molecular weight excluding hydrogens is 296 g/mol. The summed E-state index contributed by atoms with van der Waals surface area (Å²) in [5, 5.41) is 1.13. The fourth-order valence-corrected chi connectivity index (χ4v) is 3.98. The van der Waals surface area contributed by atoms with Crippen molar-refractivity contribution in [1.82, 2.24) is 9.55 Å². The molecule has 0 radical (unpaired) electrons. The van der Waals surface area contributed by atoms with E-state index in [2.05, 4.69) is 15.6 Å². The van der Waals surface area contributed by atoms with E-state index in [1.54, 1.807) is 12.3 Å². The minimum absolute atomic E-state index is 0.146. The summed E-state index contributed by atoms with van der Waals surface area (Å²) in [4.78, 5) is 4.42. The zero-order chi connectivity index (χ0) is 15.7. The standard InChI is InChI=1S/C17H18N2O2S/c1-3-8-22(20,21)15-9-14(11-18-12-15)17-10-13-6-4-5-7-16(13)19(17)2/h4-7,9-12H,3,8H2,1-2H3. The van der Waals surface area contributed by atoms with Crippen LogP contribution in [0.4, 0.5) is 0 Å². The van der Waals surface area contributed by atoms with Gasteiger partial charge < -0.3 is 4.57 Å². The molecule has 1 aromatic carbocycles. The highest BCUT2D eigenvalue weighted by molar-refractivity contribution is 7.91. The van der Waals surface area contributed by atoms with E-state index in [1.807, 2.05) is 38.2 Å². The van der Waals surface area contributed by atoms with Gasteiger partial charge in [0.15, 0.2) is 9.84 Å². The molecule has 0 aliphatic carbocycles. The van der Waals surface area contributed by atoms with Crippen molar-refractivity contribution in [2.24, 2.45) is 7.05 Å². The van der Waals surface area contributed by atoms with Gasteiger partial charge in [-0.15, -0.1) is 0 Å². The van der Waals surface area contributed by atoms with E-state index >= 15 is 0 Å². The van der Waals surface area contributed by atoms with E-state index in [4.69, 9.17) is 0 Å². The van der Waals surface area contributed by atoms with E-state index < -0.39 is 9.84 Å². The number of hydrogen-bond donors (Lipinski definition) is 0. The highest BCUT2D eigenvalue weighted by Crippen LogP contribution is 2.28. The van der Waals surface area contributed by atoms with Gasteiger partial charge in [0.25, 0.3) is 0 Å². The minimum atomic E-state index is -3.26. The van der Waals surface area contributed by atoms with Gasteiger partial charge in [-0.1, -0.05) is 25.1 Å². The van der Waals surface area contributed by atoms with Gasteiger partial charge in [-0.05, 0) is 24.6 Å². The Morgan fingerprint density at radius 1 is 1.14 bits per heavy atom. The number of sulfone groups is 1. The Kier molecular flexibility index (Phi) is 3.74. The first-order valence-corrected chi connectivity index (χ1v) is 8.91. The predicted molar refractivity (Wildman–Crippen MR) is 88.5 cm³/mol. The lowest BCUT2D eigenvalue weighted by molar-refractivity contribution is 0.594. The Morgan fingerprint density at radius 2 is 1.91 bits per heavy atom. The van der Waals surface area contributed by atoms with Crippen LogP contribution in [0.15, 0.2) is 53.7 Å². The lowest BCUT2D eigenvalue weighted by Crippen LogP contribution is -2.06. The van der Waals surface area contributed by atoms with Crippen molar-refractivity contribution in [2.45, 2.75) is 18.2 Å². The van der Waals surface area contributed by atoms with Gasteiger partial charge in [0.2, 0.25) is 0 Å². The largest absolute Gasteiger partial charge is 0.344 e. The summed E-state index contributed by atoms with van der Waals surface area (Å²) in [5.41, 5.74) is 2.89. The van der Waals surface area contributed by atoms with Gasteiger partial charge >= 0.3 is 0 Å². The van der Waals surface area contributed by atoms with Gasteiger partial charge in [0.05, 0.1) is 16.3 Å². The number of para-hydroxylation sites is 1. The minimum Gasteiger partial charge on any atom is -0.344 e. The van der Waals surface area contributed by atoms with Crippen LogP contribution in [-0.4, -0.2) is 23.7 Å². The van der Waals surface area contributed by atoms with E-state index in [9.17, 15) is 8.42 Å². The molecule has 0 atom stereocenters. The van der Waals surface area contributed by atoms with Crippen LogP contribution >= 0.6 is 0 Å². The topological polar surface area (TPSA) is 52.0 Å². The molecule has 0 bridgehead atoms. The Hall–Kier alpha value is -2.14. The van der Waals surface area contributed by atoms with Crippen LogP contribution in [0.5, 0.6) is 0 Å². The number of aryl methyl sites for hydroxylation is 1. The lowest BCUT2D eigenvalue weighted by Gasteiger charge is -2.07. The van der Waals surface area contributed by atoms with Crippen molar-refractivity contribution in [3.8, 4) is 11.3 Å². The van der Waals surface area contributed by atoms with Crippen LogP contribution in [0.3, 0.4) is 0 Å². The summed E-state index contributed by atoms with van der Waals surface area (Å²) < 4.78 is 26.5. The Labute approximate surface area is 130 Å². The molecular formula is C17H18N2O2S. The Bertz CT molecular complexity index is 927. The van der Waals surface area contributed by atoms with Crippen molar-refractivity contribution >= 4 is 20.7 Å². The maximum atomic E-state index is 12.2. The SMILES string of the molecule is CCCS(=O)(=O)c1cncc(-c2cc3ccccc3n2C)c1. The maximum Gasteiger partial charge on any atom is 0.179 e. The second-order valence-corrected chi connectivity index (χ2v) is 7.48. The van der Waals surface area contributed by atoms with Crippen molar-refractivity contribution in [1.29, 1.82) is 0 Å². The van der Waals surface area contributed by atoms with E-state index in [1.165, 1.54) is 6.20 Å². The van der Waals surface area contributed by atoms with Crippen LogP contribution in [0, 0.1) is 0 Å². The third-order valence-corrected chi connectivity index (χ3v) is 5.68. The van der Waals surface area contributed by atoms with Crippen molar-refractivity contribution in [3.63, 3.8) is 0 Å². The van der Waals surface area contributed by atoms with Crippen LogP contribution in [0.25, 0.3) is 22.2 Å². The zero-order valence-corrected chi connectivity index (χ0v) is 13.5. The van der Waals surface area contributed by atoms with Crippen molar-refractivity contribution in [2.75, 3.05) is 5.75 Å². The van der Waals surface area contributed by atoms with Crippen molar-refractivity contribution in [3.05, 3.63) is 48.8 Å². The van der Waals surface area contributed by atoms with E-state index in [-0.39, 0.29) is 10.6 Å². The molecule has 0 amide bonds. The van der Waals surface area contributed by atoms with Crippen LogP contribution in [-0.2, 0) is 16.9 Å². The van der Waals surface area contributed by atoms with Crippen LogP contribution < -0.4 is 0 Å². The molecule has 0 unspecified atom stereocenters. The first-order valence-electron chi connectivity index (χ1n) is 7.25. The molecule has 0 saturated heterocycles. The number of rotatable bonds is 4. The third kappa shape index (κ3) is 2.52. The Balaban J connectivity index is 2.14. The second kappa shape index (κ2) is 5.57. The van der Waals surface area contributed by atoms with Crippen LogP contribution in [0.2, 0.25) is 0 Å². The van der Waals surface area contributed by atoms with Gasteiger partial charge in [0, 0.05) is 35.9 Å². The third-order valence-electron chi connectivity index (χ3n) is 3.79. The van der Waals surface area contributed by atoms with E-state index in [0.29, 0.717) is 6.42 Å². The fraction of sp³-hybridized carbons (Fsp3) is 0.235. The van der Waals surface area contributed by atoms with Gasteiger partial charge in [0.1, 0.15) is 0 Å². The number of nitrogens with zero attached hydrogens (tertiary/aromatic N) is 2. The number of fused-ring (bicyclic) bond motifs is 1. The molecule has 0 N–H and O–H groups in total. The molecule has 114 valence electrons. The molecule has 3 rings (SSSR count). The average molecular weight is 314 g/mol. The van der Waals surface area contributed by atoms with Gasteiger partial charge in [-0.3, -0.25) is 4.98 Å². The number of aromatic nitrogens is 2. The number of benzene rings is 1. The molecule has 2 heterocycles. The summed E-state index contributed by atoms with van der Waals surface area (Å²) in [5.74, 6) is 0.146. The maximum absolute atomic E-state index is 12.2. The number of pyridine rings is 1. The molecule has 0 spiro atoms. The monoisotopic (exact) mass is 314 g/mol. The van der Waals surface area contributed by atoms with Crippen molar-refractivity contribution < 1.29 is 8.42 Å². The summed E-state index contributed by atoms with van der Waals surface area (Å²) in [6.07, 6.45) is 3.73. The molecule has 22 heavy (non-hydrogen) atoms. The quantitative estimate of drug-likeness (QED) is 0.741. The molecule has 0 aliphatic heterocycles. The highest BCUT2D eigenvalue weighted by Gasteiger charge is 2.16. The summed E-state index contributed by atoms with van der Waals surface area (Å²) >= 11 is 0. The fourth-order valence-electron chi connectivity index (χ4n) is 2.68. The predicted octanol–water partition coefficient (Wildman–Crippen LogP) is 3.42. The average Bonchev–Trinajstić information content (AvgIpc) is 2.85. The number of hydrogen-bond acceptors (Lipinski definition) is 3.